The number of anilines is 2. The molecule has 0 unspecified atom stereocenters. The highest BCUT2D eigenvalue weighted by molar-refractivity contribution is 9.10. The number of halogens is 1. The molecule has 2 aliphatic rings. The highest BCUT2D eigenvalue weighted by atomic mass is 79.9. The molecule has 0 spiro atoms. The maximum atomic E-state index is 13.5. The van der Waals surface area contributed by atoms with E-state index in [9.17, 15) is 13.2 Å². The Bertz CT molecular complexity index is 1320. The highest BCUT2D eigenvalue weighted by Crippen LogP contribution is 2.39. The second kappa shape index (κ2) is 7.74. The van der Waals surface area contributed by atoms with Gasteiger partial charge in [-0.2, -0.15) is 0 Å². The van der Waals surface area contributed by atoms with Crippen LogP contribution in [-0.4, -0.2) is 26.4 Å². The Kier molecular flexibility index (Phi) is 5.13. The van der Waals surface area contributed by atoms with Gasteiger partial charge in [0.25, 0.3) is 15.9 Å². The molecule has 2 atom stereocenters. The molecule has 1 amide bonds. The van der Waals surface area contributed by atoms with Crippen LogP contribution in [0, 0.1) is 0 Å². The van der Waals surface area contributed by atoms with Gasteiger partial charge >= 0.3 is 0 Å². The topological polar surface area (TPSA) is 57.7 Å². The van der Waals surface area contributed by atoms with Crippen molar-refractivity contribution in [3.8, 4) is 0 Å². The van der Waals surface area contributed by atoms with Gasteiger partial charge in [0.15, 0.2) is 0 Å². The average molecular weight is 511 g/mol. The van der Waals surface area contributed by atoms with Crippen molar-refractivity contribution in [1.29, 1.82) is 0 Å². The van der Waals surface area contributed by atoms with Crippen molar-refractivity contribution < 1.29 is 13.2 Å². The molecule has 0 radical (unpaired) electrons. The van der Waals surface area contributed by atoms with Crippen molar-refractivity contribution in [1.82, 2.24) is 0 Å². The average Bonchev–Trinajstić information content (AvgIpc) is 3.28. The van der Waals surface area contributed by atoms with Crippen LogP contribution in [0.5, 0.6) is 0 Å². The van der Waals surface area contributed by atoms with E-state index in [0.717, 1.165) is 27.7 Å². The number of carbonyl (C=O) groups is 1. The molecule has 0 aromatic heterocycles. The number of fused-ring (bicyclic) bond motifs is 2. The van der Waals surface area contributed by atoms with Crippen LogP contribution in [0.3, 0.4) is 0 Å². The van der Waals surface area contributed by atoms with Gasteiger partial charge in [0, 0.05) is 27.8 Å². The standard InChI is InChI=1S/C25H23BrN2O3S/c1-16-12-20-15-21(26)9-11-23(20)27(16)25(29)18-8-10-24-19(14-18)13-17(2)28(24)32(30,31)22-6-4-3-5-7-22/h3-11,14-17H,12-13H2,1-2H3/t16-,17+/m0/s1. The zero-order valence-corrected chi connectivity index (χ0v) is 20.2. The van der Waals surface area contributed by atoms with Crippen LogP contribution in [0.4, 0.5) is 11.4 Å². The van der Waals surface area contributed by atoms with Crippen LogP contribution < -0.4 is 9.21 Å². The van der Waals surface area contributed by atoms with Crippen molar-refractivity contribution >= 4 is 43.2 Å². The molecule has 164 valence electrons. The number of benzene rings is 3. The number of sulfonamides is 1. The smallest absolute Gasteiger partial charge is 0.264 e. The third-order valence-corrected chi connectivity index (χ3v) is 8.69. The number of hydrogen-bond acceptors (Lipinski definition) is 3. The van der Waals surface area contributed by atoms with Gasteiger partial charge in [0.1, 0.15) is 0 Å². The number of nitrogens with zero attached hydrogens (tertiary/aromatic N) is 2. The summed E-state index contributed by atoms with van der Waals surface area (Å²) in [5, 5.41) is 0. The van der Waals surface area contributed by atoms with Gasteiger partial charge in [-0.3, -0.25) is 9.10 Å². The molecular formula is C25H23BrN2O3S. The minimum absolute atomic E-state index is 0.0570. The van der Waals surface area contributed by atoms with Crippen molar-refractivity contribution in [3.63, 3.8) is 0 Å². The van der Waals surface area contributed by atoms with Crippen molar-refractivity contribution in [2.75, 3.05) is 9.21 Å². The summed E-state index contributed by atoms with van der Waals surface area (Å²) >= 11 is 3.51. The molecule has 0 saturated heterocycles. The van der Waals surface area contributed by atoms with E-state index in [1.807, 2.05) is 30.0 Å². The van der Waals surface area contributed by atoms with Gasteiger partial charge in [-0.05, 0) is 86.3 Å². The van der Waals surface area contributed by atoms with Crippen LogP contribution in [0.1, 0.15) is 35.3 Å². The first kappa shape index (κ1) is 21.2. The summed E-state index contributed by atoms with van der Waals surface area (Å²) in [7, 11) is -3.67. The zero-order valence-electron chi connectivity index (χ0n) is 17.8. The van der Waals surface area contributed by atoms with E-state index in [2.05, 4.69) is 28.9 Å². The lowest BCUT2D eigenvalue weighted by Crippen LogP contribution is -2.36. The summed E-state index contributed by atoms with van der Waals surface area (Å²) in [6, 6.07) is 19.7. The Morgan fingerprint density at radius 3 is 2.28 bits per heavy atom. The van der Waals surface area contributed by atoms with E-state index in [1.165, 1.54) is 4.31 Å². The van der Waals surface area contributed by atoms with Gasteiger partial charge in [-0.15, -0.1) is 0 Å². The zero-order chi connectivity index (χ0) is 22.6. The minimum Gasteiger partial charge on any atom is -0.305 e. The van der Waals surface area contributed by atoms with E-state index in [1.54, 1.807) is 42.5 Å². The molecule has 7 heteroatoms. The van der Waals surface area contributed by atoms with Gasteiger partial charge < -0.3 is 4.90 Å². The summed E-state index contributed by atoms with van der Waals surface area (Å²) in [5.41, 5.74) is 4.20. The molecule has 5 rings (SSSR count). The Balaban J connectivity index is 1.50. The van der Waals surface area contributed by atoms with Gasteiger partial charge in [0.2, 0.25) is 0 Å². The van der Waals surface area contributed by atoms with E-state index >= 15 is 0 Å². The van der Waals surface area contributed by atoms with Crippen molar-refractivity contribution in [2.24, 2.45) is 0 Å². The van der Waals surface area contributed by atoms with Crippen LogP contribution >= 0.6 is 15.9 Å². The van der Waals surface area contributed by atoms with E-state index < -0.39 is 10.0 Å². The maximum absolute atomic E-state index is 13.5. The molecule has 0 fully saturated rings. The molecule has 2 heterocycles. The third kappa shape index (κ3) is 3.35. The second-order valence-electron chi connectivity index (χ2n) is 8.51. The quantitative estimate of drug-likeness (QED) is 0.487. The van der Waals surface area contributed by atoms with Crippen molar-refractivity contribution in [2.45, 2.75) is 43.7 Å². The Morgan fingerprint density at radius 1 is 0.875 bits per heavy atom. The first-order chi connectivity index (χ1) is 15.3. The minimum atomic E-state index is -3.67. The SMILES string of the molecule is C[C@@H]1Cc2cc(C(=O)N3c4ccc(Br)cc4C[C@@H]3C)ccc2N1S(=O)(=O)c1ccccc1. The Hall–Kier alpha value is -2.64. The van der Waals surface area contributed by atoms with Crippen LogP contribution in [0.15, 0.2) is 76.1 Å². The molecule has 0 bridgehead atoms. The molecule has 0 saturated carbocycles. The summed E-state index contributed by atoms with van der Waals surface area (Å²) in [6.45, 7) is 3.95. The predicted molar refractivity (Wildman–Crippen MR) is 130 cm³/mol. The highest BCUT2D eigenvalue weighted by Gasteiger charge is 2.37. The lowest BCUT2D eigenvalue weighted by Gasteiger charge is -2.25. The fourth-order valence-electron chi connectivity index (χ4n) is 4.86. The molecule has 0 aliphatic carbocycles. The fraction of sp³-hybridized carbons (Fsp3) is 0.240. The second-order valence-corrected chi connectivity index (χ2v) is 11.2. The van der Waals surface area contributed by atoms with Gasteiger partial charge in [-0.1, -0.05) is 34.1 Å². The van der Waals surface area contributed by atoms with Gasteiger partial charge in [-0.25, -0.2) is 8.42 Å². The predicted octanol–water partition coefficient (Wildman–Crippen LogP) is 5.18. The van der Waals surface area contributed by atoms with Crippen molar-refractivity contribution in [3.05, 3.63) is 87.9 Å². The summed E-state index contributed by atoms with van der Waals surface area (Å²) < 4.78 is 29.1. The largest absolute Gasteiger partial charge is 0.305 e. The summed E-state index contributed by atoms with van der Waals surface area (Å²) in [5.74, 6) is -0.0570. The van der Waals surface area contributed by atoms with Crippen LogP contribution in [0.25, 0.3) is 0 Å². The van der Waals surface area contributed by atoms with E-state index in [4.69, 9.17) is 0 Å². The first-order valence-electron chi connectivity index (χ1n) is 10.6. The Labute approximate surface area is 196 Å². The molecule has 3 aromatic rings. The number of rotatable bonds is 3. The monoisotopic (exact) mass is 510 g/mol. The maximum Gasteiger partial charge on any atom is 0.264 e. The lowest BCUT2D eigenvalue weighted by molar-refractivity contribution is 0.0981. The third-order valence-electron chi connectivity index (χ3n) is 6.26. The summed E-state index contributed by atoms with van der Waals surface area (Å²) in [6.07, 6.45) is 1.38. The number of hydrogen-bond donors (Lipinski definition) is 0. The molecule has 2 aliphatic heterocycles. The number of amides is 1. The van der Waals surface area contributed by atoms with E-state index in [0.29, 0.717) is 17.7 Å². The molecule has 32 heavy (non-hydrogen) atoms. The van der Waals surface area contributed by atoms with E-state index in [-0.39, 0.29) is 22.9 Å². The fourth-order valence-corrected chi connectivity index (χ4v) is 6.98. The normalized spacial score (nSPS) is 19.7. The van der Waals surface area contributed by atoms with Crippen LogP contribution in [-0.2, 0) is 22.9 Å². The molecule has 0 N–H and O–H groups in total. The molecule has 3 aromatic carbocycles. The lowest BCUT2D eigenvalue weighted by atomic mass is 10.1. The molecule has 5 nitrogen and oxygen atoms in total. The summed E-state index contributed by atoms with van der Waals surface area (Å²) in [4.78, 5) is 15.6. The number of carbonyl (C=O) groups excluding carboxylic acids is 1. The Morgan fingerprint density at radius 2 is 1.53 bits per heavy atom. The van der Waals surface area contributed by atoms with Gasteiger partial charge in [0.05, 0.1) is 10.6 Å². The first-order valence-corrected chi connectivity index (χ1v) is 12.8. The van der Waals surface area contributed by atoms with Crippen LogP contribution in [0.2, 0.25) is 0 Å². The molecular weight excluding hydrogens is 488 g/mol.